The summed E-state index contributed by atoms with van der Waals surface area (Å²) in [6.07, 6.45) is 6.82. The van der Waals surface area contributed by atoms with Gasteiger partial charge in [-0.05, 0) is 37.8 Å². The minimum atomic E-state index is -0.959. The quantitative estimate of drug-likeness (QED) is 0.753. The summed E-state index contributed by atoms with van der Waals surface area (Å²) in [6.45, 7) is 0. The second-order valence-corrected chi connectivity index (χ2v) is 7.20. The zero-order valence-electron chi connectivity index (χ0n) is 14.2. The van der Waals surface area contributed by atoms with Gasteiger partial charge in [0, 0.05) is 23.7 Å². The Hall–Kier alpha value is -2.96. The van der Waals surface area contributed by atoms with Crippen molar-refractivity contribution >= 4 is 17.1 Å². The molecule has 7 heteroatoms. The van der Waals surface area contributed by atoms with E-state index in [9.17, 15) is 4.79 Å². The van der Waals surface area contributed by atoms with Crippen molar-refractivity contribution in [3.05, 3.63) is 42.4 Å². The Balaban J connectivity index is 1.46. The van der Waals surface area contributed by atoms with E-state index in [1.165, 1.54) is 12.8 Å². The summed E-state index contributed by atoms with van der Waals surface area (Å²) in [5, 5.41) is 16.2. The first-order valence-corrected chi connectivity index (χ1v) is 8.98. The van der Waals surface area contributed by atoms with Crippen molar-refractivity contribution in [2.45, 2.75) is 43.7 Å². The molecule has 2 N–H and O–H groups in total. The minimum absolute atomic E-state index is 0.0231. The van der Waals surface area contributed by atoms with Crippen molar-refractivity contribution in [1.29, 1.82) is 0 Å². The maximum atomic E-state index is 10.7. The molecule has 132 valence electrons. The van der Waals surface area contributed by atoms with Crippen LogP contribution in [0.5, 0.6) is 0 Å². The molecular formula is C19H19N5O2. The van der Waals surface area contributed by atoms with E-state index in [-0.39, 0.29) is 12.1 Å². The first-order valence-electron chi connectivity index (χ1n) is 8.98. The number of para-hydroxylation sites is 2. The van der Waals surface area contributed by atoms with E-state index in [0.717, 1.165) is 40.8 Å². The van der Waals surface area contributed by atoms with Gasteiger partial charge in [0.15, 0.2) is 0 Å². The van der Waals surface area contributed by atoms with E-state index >= 15 is 0 Å². The summed E-state index contributed by atoms with van der Waals surface area (Å²) in [4.78, 5) is 20.1. The maximum Gasteiger partial charge on any atom is 0.404 e. The lowest BCUT2D eigenvalue weighted by molar-refractivity contribution is 0.163. The summed E-state index contributed by atoms with van der Waals surface area (Å²) in [6, 6.07) is 8.13. The average molecular weight is 349 g/mol. The summed E-state index contributed by atoms with van der Waals surface area (Å²) >= 11 is 0. The molecule has 0 saturated heterocycles. The molecule has 0 unspecified atom stereocenters. The summed E-state index contributed by atoms with van der Waals surface area (Å²) < 4.78 is 2.00. The number of fused-ring (bicyclic) bond motifs is 1. The average Bonchev–Trinajstić information content (AvgIpc) is 3.36. The number of nitrogens with zero attached hydrogens (tertiary/aromatic N) is 4. The van der Waals surface area contributed by atoms with E-state index in [1.807, 2.05) is 35.1 Å². The van der Waals surface area contributed by atoms with Crippen molar-refractivity contribution < 1.29 is 9.90 Å². The molecule has 0 aliphatic heterocycles. The van der Waals surface area contributed by atoms with Gasteiger partial charge in [-0.1, -0.05) is 12.1 Å². The maximum absolute atomic E-state index is 10.7. The molecule has 1 aromatic carbocycles. The summed E-state index contributed by atoms with van der Waals surface area (Å²) in [5.74, 6) is 0.507. The third-order valence-corrected chi connectivity index (χ3v) is 5.26. The predicted octanol–water partition coefficient (Wildman–Crippen LogP) is 3.34. The molecule has 2 aromatic heterocycles. The van der Waals surface area contributed by atoms with Crippen LogP contribution in [-0.2, 0) is 0 Å². The fourth-order valence-electron chi connectivity index (χ4n) is 3.63. The molecule has 2 fully saturated rings. The number of rotatable bonds is 4. The predicted molar refractivity (Wildman–Crippen MR) is 96.0 cm³/mol. The van der Waals surface area contributed by atoms with E-state index in [0.29, 0.717) is 5.92 Å². The Morgan fingerprint density at radius 3 is 2.69 bits per heavy atom. The monoisotopic (exact) mass is 349 g/mol. The third-order valence-electron chi connectivity index (χ3n) is 5.26. The van der Waals surface area contributed by atoms with Gasteiger partial charge in [-0.25, -0.2) is 9.78 Å². The number of carbonyl (C=O) groups is 1. The fourth-order valence-corrected chi connectivity index (χ4v) is 3.63. The van der Waals surface area contributed by atoms with Crippen LogP contribution in [0, 0.1) is 0 Å². The highest BCUT2D eigenvalue weighted by Crippen LogP contribution is 2.44. The van der Waals surface area contributed by atoms with Crippen LogP contribution in [0.1, 0.15) is 43.3 Å². The standard InChI is InChI=1S/C19H19N5O2/c25-19(26)21-12-7-13(8-12)24-10-14(18(23-24)11-5-6-11)17-9-20-15-3-1-2-4-16(15)22-17/h1-4,9-13,21H,5-8H2,(H,25,26). The highest BCUT2D eigenvalue weighted by molar-refractivity contribution is 5.77. The zero-order valence-corrected chi connectivity index (χ0v) is 14.2. The molecule has 3 aromatic rings. The largest absolute Gasteiger partial charge is 0.465 e. The van der Waals surface area contributed by atoms with Crippen LogP contribution in [0.15, 0.2) is 36.7 Å². The molecule has 2 aliphatic carbocycles. The molecule has 2 aliphatic rings. The highest BCUT2D eigenvalue weighted by atomic mass is 16.4. The molecule has 1 amide bonds. The Kier molecular flexibility index (Phi) is 3.41. The number of nitrogens with one attached hydrogen (secondary N) is 1. The van der Waals surface area contributed by atoms with E-state index in [1.54, 1.807) is 0 Å². The van der Waals surface area contributed by atoms with Gasteiger partial charge in [-0.2, -0.15) is 5.10 Å². The van der Waals surface area contributed by atoms with Crippen LogP contribution in [0.4, 0.5) is 4.79 Å². The van der Waals surface area contributed by atoms with E-state index < -0.39 is 6.09 Å². The van der Waals surface area contributed by atoms with Crippen molar-refractivity contribution in [3.8, 4) is 11.3 Å². The van der Waals surface area contributed by atoms with Crippen molar-refractivity contribution in [1.82, 2.24) is 25.1 Å². The second kappa shape index (κ2) is 5.79. The fraction of sp³-hybridized carbons (Fsp3) is 0.368. The molecule has 7 nitrogen and oxygen atoms in total. The van der Waals surface area contributed by atoms with Crippen LogP contribution in [0.3, 0.4) is 0 Å². The number of hydrogen-bond donors (Lipinski definition) is 2. The molecule has 2 saturated carbocycles. The Bertz CT molecular complexity index is 989. The lowest BCUT2D eigenvalue weighted by Gasteiger charge is -2.35. The number of amides is 1. The molecule has 0 atom stereocenters. The first-order chi connectivity index (χ1) is 12.7. The van der Waals surface area contributed by atoms with Crippen LogP contribution >= 0.6 is 0 Å². The van der Waals surface area contributed by atoms with E-state index in [4.69, 9.17) is 15.2 Å². The summed E-state index contributed by atoms with van der Waals surface area (Å²) in [5.41, 5.74) is 4.79. The molecule has 0 radical (unpaired) electrons. The molecule has 5 rings (SSSR count). The Labute approximate surface area is 150 Å². The highest BCUT2D eigenvalue weighted by Gasteiger charge is 2.35. The first kappa shape index (κ1) is 15.3. The normalized spacial score (nSPS) is 22.2. The lowest BCUT2D eigenvalue weighted by atomic mass is 9.87. The minimum Gasteiger partial charge on any atom is -0.465 e. The van der Waals surface area contributed by atoms with Crippen LogP contribution in [-0.4, -0.2) is 37.0 Å². The number of benzene rings is 1. The molecule has 2 heterocycles. The van der Waals surface area contributed by atoms with Crippen molar-refractivity contribution in [2.75, 3.05) is 0 Å². The van der Waals surface area contributed by atoms with Gasteiger partial charge >= 0.3 is 6.09 Å². The molecular weight excluding hydrogens is 330 g/mol. The van der Waals surface area contributed by atoms with Gasteiger partial charge in [-0.3, -0.25) is 9.67 Å². The van der Waals surface area contributed by atoms with Gasteiger partial charge in [0.2, 0.25) is 0 Å². The number of carboxylic acid groups (broad SMARTS) is 1. The van der Waals surface area contributed by atoms with Crippen LogP contribution < -0.4 is 5.32 Å². The SMILES string of the molecule is O=C(O)NC1CC(n2cc(-c3cnc4ccccc4n3)c(C3CC3)n2)C1. The van der Waals surface area contributed by atoms with Gasteiger partial charge in [0.1, 0.15) is 0 Å². The summed E-state index contributed by atoms with van der Waals surface area (Å²) in [7, 11) is 0. The van der Waals surface area contributed by atoms with Crippen LogP contribution in [0.2, 0.25) is 0 Å². The van der Waals surface area contributed by atoms with Gasteiger partial charge in [0.25, 0.3) is 0 Å². The topological polar surface area (TPSA) is 92.9 Å². The zero-order chi connectivity index (χ0) is 17.7. The third kappa shape index (κ3) is 2.69. The Morgan fingerprint density at radius 2 is 1.96 bits per heavy atom. The van der Waals surface area contributed by atoms with Crippen molar-refractivity contribution in [3.63, 3.8) is 0 Å². The van der Waals surface area contributed by atoms with Gasteiger partial charge < -0.3 is 10.4 Å². The molecule has 0 bridgehead atoms. The smallest absolute Gasteiger partial charge is 0.404 e. The molecule has 26 heavy (non-hydrogen) atoms. The number of hydrogen-bond acceptors (Lipinski definition) is 4. The second-order valence-electron chi connectivity index (χ2n) is 7.20. The Morgan fingerprint density at radius 1 is 1.19 bits per heavy atom. The van der Waals surface area contributed by atoms with E-state index in [2.05, 4.69) is 16.5 Å². The van der Waals surface area contributed by atoms with Gasteiger partial charge in [-0.15, -0.1) is 0 Å². The lowest BCUT2D eigenvalue weighted by Crippen LogP contribution is -2.44. The number of aromatic nitrogens is 4. The molecule has 0 spiro atoms. The van der Waals surface area contributed by atoms with Crippen LogP contribution in [0.25, 0.3) is 22.3 Å². The van der Waals surface area contributed by atoms with Gasteiger partial charge in [0.05, 0.1) is 34.7 Å². The van der Waals surface area contributed by atoms with Crippen molar-refractivity contribution in [2.24, 2.45) is 0 Å².